The van der Waals surface area contributed by atoms with Gasteiger partial charge in [0.2, 0.25) is 7.12 Å². The second-order valence-electron chi connectivity index (χ2n) is 3.20. The summed E-state index contributed by atoms with van der Waals surface area (Å²) in [7, 11) is -1.60. The molecule has 0 saturated carbocycles. The highest BCUT2D eigenvalue weighted by Crippen LogP contribution is 2.02. The average Bonchev–Trinajstić information content (AvgIpc) is 2.15. The van der Waals surface area contributed by atoms with Crippen LogP contribution in [0.3, 0.4) is 0 Å². The van der Waals surface area contributed by atoms with Gasteiger partial charge in [0.1, 0.15) is 0 Å². The van der Waals surface area contributed by atoms with E-state index in [9.17, 15) is 5.02 Å². The lowest BCUT2D eigenvalue weighted by molar-refractivity contribution is -0.211. The average molecular weight is 177 g/mol. The van der Waals surface area contributed by atoms with E-state index in [1.165, 1.54) is 18.4 Å². The lowest BCUT2D eigenvalue weighted by Gasteiger charge is -2.11. The molecule has 0 aliphatic carbocycles. The van der Waals surface area contributed by atoms with Crippen LogP contribution in [0.25, 0.3) is 0 Å². The van der Waals surface area contributed by atoms with E-state index in [0.29, 0.717) is 5.46 Å². The Morgan fingerprint density at radius 3 is 2.38 bits per heavy atom. The molecule has 13 heavy (non-hydrogen) atoms. The maximum atomic E-state index is 10.6. The van der Waals surface area contributed by atoms with Gasteiger partial charge in [0.25, 0.3) is 0 Å². The van der Waals surface area contributed by atoms with E-state index in [1.54, 1.807) is 12.1 Å². The number of rotatable bonds is 4. The van der Waals surface area contributed by atoms with Crippen LogP contribution < -0.4 is 10.5 Å². The first-order valence-corrected chi connectivity index (χ1v) is 4.66. The number of aryl methyl sites for hydroxylation is 1. The van der Waals surface area contributed by atoms with E-state index in [4.69, 9.17) is 5.02 Å². The molecule has 0 unspecified atom stereocenters. The fourth-order valence-electron chi connectivity index (χ4n) is 1.23. The summed E-state index contributed by atoms with van der Waals surface area (Å²) in [5, 5.41) is 19.3. The van der Waals surface area contributed by atoms with Gasteiger partial charge >= 0.3 is 0 Å². The van der Waals surface area contributed by atoms with Crippen molar-refractivity contribution in [1.82, 2.24) is 0 Å². The van der Waals surface area contributed by atoms with Gasteiger partial charge in [0.15, 0.2) is 0 Å². The van der Waals surface area contributed by atoms with Gasteiger partial charge < -0.3 is 10.0 Å². The van der Waals surface area contributed by atoms with Gasteiger partial charge in [-0.1, -0.05) is 43.1 Å². The number of hydrogen-bond donors (Lipinski definition) is 1. The molecule has 0 atom stereocenters. The molecule has 0 fully saturated rings. The highest BCUT2D eigenvalue weighted by Gasteiger charge is 1.97. The van der Waals surface area contributed by atoms with Crippen molar-refractivity contribution in [3.63, 3.8) is 0 Å². The summed E-state index contributed by atoms with van der Waals surface area (Å²) in [4.78, 5) is 0. The summed E-state index contributed by atoms with van der Waals surface area (Å²) in [6.45, 7) is 2.15. The number of unbranched alkanes of at least 4 members (excludes halogenated alkanes) is 1. The van der Waals surface area contributed by atoms with Crippen molar-refractivity contribution in [2.45, 2.75) is 26.2 Å². The van der Waals surface area contributed by atoms with Crippen molar-refractivity contribution >= 4 is 12.6 Å². The van der Waals surface area contributed by atoms with Gasteiger partial charge in [0.05, 0.1) is 0 Å². The first-order chi connectivity index (χ1) is 6.24. The smallest absolute Gasteiger partial charge is 0.212 e. The maximum Gasteiger partial charge on any atom is 0.212 e. The van der Waals surface area contributed by atoms with Crippen LogP contribution in [-0.2, 0) is 6.42 Å². The summed E-state index contributed by atoms with van der Waals surface area (Å²) in [6, 6.07) is 7.21. The van der Waals surface area contributed by atoms with E-state index >= 15 is 0 Å². The number of benzene rings is 1. The SMILES string of the molecule is CCCCc1ccc(B([O-])O)cc1. The van der Waals surface area contributed by atoms with Crippen LogP contribution in [0.15, 0.2) is 24.3 Å². The zero-order chi connectivity index (χ0) is 9.68. The fourth-order valence-corrected chi connectivity index (χ4v) is 1.23. The molecule has 1 aromatic rings. The van der Waals surface area contributed by atoms with Gasteiger partial charge in [0, 0.05) is 0 Å². The van der Waals surface area contributed by atoms with Crippen LogP contribution >= 0.6 is 0 Å². The molecular formula is C10H14BO2-. The normalized spacial score (nSPS) is 10.1. The third-order valence-electron chi connectivity index (χ3n) is 2.08. The van der Waals surface area contributed by atoms with Crippen LogP contribution in [-0.4, -0.2) is 12.1 Å². The predicted molar refractivity (Wildman–Crippen MR) is 52.7 cm³/mol. The molecule has 1 aromatic carbocycles. The van der Waals surface area contributed by atoms with Crippen LogP contribution in [0.1, 0.15) is 25.3 Å². The molecular weight excluding hydrogens is 163 g/mol. The second-order valence-corrected chi connectivity index (χ2v) is 3.20. The highest BCUT2D eigenvalue weighted by atomic mass is 16.4. The van der Waals surface area contributed by atoms with E-state index in [0.717, 1.165) is 6.42 Å². The van der Waals surface area contributed by atoms with Crippen molar-refractivity contribution in [1.29, 1.82) is 0 Å². The molecule has 0 amide bonds. The minimum absolute atomic E-state index is 0.445. The van der Waals surface area contributed by atoms with Crippen LogP contribution in [0.5, 0.6) is 0 Å². The summed E-state index contributed by atoms with van der Waals surface area (Å²) < 4.78 is 0. The molecule has 1 rings (SSSR count). The summed E-state index contributed by atoms with van der Waals surface area (Å²) in [5.41, 5.74) is 1.67. The molecule has 3 heteroatoms. The van der Waals surface area contributed by atoms with Crippen molar-refractivity contribution in [3.8, 4) is 0 Å². The molecule has 0 spiro atoms. The van der Waals surface area contributed by atoms with Crippen molar-refractivity contribution in [2.24, 2.45) is 0 Å². The van der Waals surface area contributed by atoms with E-state index in [2.05, 4.69) is 6.92 Å². The number of hydrogen-bond acceptors (Lipinski definition) is 2. The molecule has 0 aliphatic rings. The first kappa shape index (κ1) is 10.3. The third-order valence-corrected chi connectivity index (χ3v) is 2.08. The van der Waals surface area contributed by atoms with E-state index in [1.807, 2.05) is 12.1 Å². The van der Waals surface area contributed by atoms with Gasteiger partial charge in [-0.3, -0.25) is 0 Å². The van der Waals surface area contributed by atoms with E-state index in [-0.39, 0.29) is 0 Å². The van der Waals surface area contributed by atoms with Gasteiger partial charge in [-0.2, -0.15) is 0 Å². The maximum absolute atomic E-state index is 10.6. The monoisotopic (exact) mass is 177 g/mol. The van der Waals surface area contributed by atoms with Crippen molar-refractivity contribution < 1.29 is 10.0 Å². The lowest BCUT2D eigenvalue weighted by Crippen LogP contribution is -2.43. The van der Waals surface area contributed by atoms with Gasteiger partial charge in [-0.15, -0.1) is 0 Å². The molecule has 2 nitrogen and oxygen atoms in total. The van der Waals surface area contributed by atoms with Gasteiger partial charge in [-0.25, -0.2) is 0 Å². The zero-order valence-corrected chi connectivity index (χ0v) is 7.86. The molecule has 1 N–H and O–H groups in total. The largest absolute Gasteiger partial charge is 0.853 e. The fraction of sp³-hybridized carbons (Fsp3) is 0.400. The van der Waals surface area contributed by atoms with Crippen LogP contribution in [0.4, 0.5) is 0 Å². The Morgan fingerprint density at radius 1 is 1.31 bits per heavy atom. The predicted octanol–water partition coefficient (Wildman–Crippen LogP) is 0.0770. The molecule has 0 radical (unpaired) electrons. The van der Waals surface area contributed by atoms with Crippen molar-refractivity contribution in [2.75, 3.05) is 0 Å². The Bertz CT molecular complexity index is 244. The minimum atomic E-state index is -1.60. The Kier molecular flexibility index (Phi) is 3.99. The second kappa shape index (κ2) is 5.05. The molecule has 0 heterocycles. The third kappa shape index (κ3) is 3.21. The molecule has 0 aromatic heterocycles. The van der Waals surface area contributed by atoms with E-state index < -0.39 is 7.12 Å². The van der Waals surface area contributed by atoms with Gasteiger partial charge in [-0.05, 0) is 18.4 Å². The first-order valence-electron chi connectivity index (χ1n) is 4.66. The van der Waals surface area contributed by atoms with Crippen molar-refractivity contribution in [3.05, 3.63) is 29.8 Å². The Labute approximate surface area is 79.4 Å². The molecule has 0 saturated heterocycles. The highest BCUT2D eigenvalue weighted by molar-refractivity contribution is 6.56. The quantitative estimate of drug-likeness (QED) is 0.661. The Hall–Kier alpha value is -0.795. The molecule has 0 bridgehead atoms. The standard InChI is InChI=1S/C10H14BO2/c1-2-3-4-9-5-7-10(8-6-9)11(12)13/h5-8,12H,2-4H2,1H3/q-1. The van der Waals surface area contributed by atoms with Crippen LogP contribution in [0.2, 0.25) is 0 Å². The summed E-state index contributed by atoms with van der Waals surface area (Å²) in [5.74, 6) is 0. The summed E-state index contributed by atoms with van der Waals surface area (Å²) in [6.07, 6.45) is 3.39. The zero-order valence-electron chi connectivity index (χ0n) is 7.86. The Balaban J connectivity index is 2.59. The lowest BCUT2D eigenvalue weighted by atomic mass is 9.80. The summed E-state index contributed by atoms with van der Waals surface area (Å²) >= 11 is 0. The molecule has 70 valence electrons. The molecule has 0 aliphatic heterocycles. The minimum Gasteiger partial charge on any atom is -0.853 e. The van der Waals surface area contributed by atoms with Crippen LogP contribution in [0, 0.1) is 0 Å². The Morgan fingerprint density at radius 2 is 1.92 bits per heavy atom. The topological polar surface area (TPSA) is 43.3 Å².